The molecule has 1 rings (SSSR count). The zero-order valence-electron chi connectivity index (χ0n) is 11.5. The molecule has 1 atom stereocenters. The van der Waals surface area contributed by atoms with Crippen molar-refractivity contribution >= 4 is 23.4 Å². The number of thioether (sulfide) groups is 1. The minimum Gasteiger partial charge on any atom is -0.493 e. The van der Waals surface area contributed by atoms with Crippen molar-refractivity contribution in [2.24, 2.45) is 0 Å². The Kier molecular flexibility index (Phi) is 7.18. The molecule has 5 heteroatoms. The second kappa shape index (κ2) is 8.69. The first kappa shape index (κ1) is 15.7. The van der Waals surface area contributed by atoms with E-state index in [4.69, 9.17) is 10.5 Å². The number of nitrogens with two attached hydrogens (primary N) is 1. The van der Waals surface area contributed by atoms with Crippen molar-refractivity contribution in [2.45, 2.75) is 25.8 Å². The van der Waals surface area contributed by atoms with Crippen LogP contribution in [0.4, 0.5) is 5.69 Å². The van der Waals surface area contributed by atoms with Gasteiger partial charge in [-0.1, -0.05) is 6.92 Å². The topological polar surface area (TPSA) is 64.3 Å². The lowest BCUT2D eigenvalue weighted by Crippen LogP contribution is -2.36. The van der Waals surface area contributed by atoms with Gasteiger partial charge in [0, 0.05) is 17.5 Å². The van der Waals surface area contributed by atoms with Crippen molar-refractivity contribution in [3.63, 3.8) is 0 Å². The zero-order valence-corrected chi connectivity index (χ0v) is 12.3. The number of benzene rings is 1. The van der Waals surface area contributed by atoms with E-state index in [1.807, 2.05) is 6.26 Å². The highest BCUT2D eigenvalue weighted by Crippen LogP contribution is 2.13. The fourth-order valence-corrected chi connectivity index (χ4v) is 2.31. The number of hydrogen-bond donors (Lipinski definition) is 2. The minimum atomic E-state index is 0.0383. The van der Waals surface area contributed by atoms with Crippen molar-refractivity contribution in [2.75, 3.05) is 24.3 Å². The fourth-order valence-electron chi connectivity index (χ4n) is 1.59. The van der Waals surface area contributed by atoms with Crippen LogP contribution in [-0.4, -0.2) is 30.6 Å². The Morgan fingerprint density at radius 3 is 2.68 bits per heavy atom. The number of anilines is 1. The average molecular weight is 282 g/mol. The normalized spacial score (nSPS) is 11.9. The van der Waals surface area contributed by atoms with Crippen LogP contribution >= 0.6 is 11.8 Å². The summed E-state index contributed by atoms with van der Waals surface area (Å²) in [5.41, 5.74) is 6.28. The maximum atomic E-state index is 11.7. The molecule has 0 saturated heterocycles. The third-order valence-electron chi connectivity index (χ3n) is 2.70. The first-order valence-electron chi connectivity index (χ1n) is 6.42. The molecule has 0 spiro atoms. The average Bonchev–Trinajstić information content (AvgIpc) is 2.40. The van der Waals surface area contributed by atoms with E-state index in [2.05, 4.69) is 12.2 Å². The summed E-state index contributed by atoms with van der Waals surface area (Å²) in [6.45, 7) is 2.46. The smallest absolute Gasteiger partial charge is 0.223 e. The zero-order chi connectivity index (χ0) is 14.1. The van der Waals surface area contributed by atoms with Crippen molar-refractivity contribution in [1.29, 1.82) is 0 Å². The molecule has 0 aromatic heterocycles. The molecule has 0 aliphatic heterocycles. The van der Waals surface area contributed by atoms with Crippen molar-refractivity contribution < 1.29 is 9.53 Å². The summed E-state index contributed by atoms with van der Waals surface area (Å²) >= 11 is 1.74. The van der Waals surface area contributed by atoms with Gasteiger partial charge in [-0.15, -0.1) is 0 Å². The Balaban J connectivity index is 2.24. The van der Waals surface area contributed by atoms with Crippen LogP contribution in [0.25, 0.3) is 0 Å². The summed E-state index contributed by atoms with van der Waals surface area (Å²) in [6.07, 6.45) is 3.36. The van der Waals surface area contributed by atoms with Crippen LogP contribution in [0.15, 0.2) is 24.3 Å². The van der Waals surface area contributed by atoms with Gasteiger partial charge in [-0.05, 0) is 36.9 Å². The molecule has 1 amide bonds. The van der Waals surface area contributed by atoms with Crippen molar-refractivity contribution in [3.8, 4) is 5.75 Å². The highest BCUT2D eigenvalue weighted by Gasteiger charge is 2.09. The van der Waals surface area contributed by atoms with E-state index in [9.17, 15) is 4.79 Å². The number of ether oxygens (including phenoxy) is 1. The second-order valence-electron chi connectivity index (χ2n) is 4.30. The summed E-state index contributed by atoms with van der Waals surface area (Å²) in [7, 11) is 0. The SMILES string of the molecule is CCC(CSC)NC(=O)CCOc1ccc(N)cc1. The van der Waals surface area contributed by atoms with Gasteiger partial charge in [0.2, 0.25) is 5.91 Å². The Morgan fingerprint density at radius 1 is 1.42 bits per heavy atom. The summed E-state index contributed by atoms with van der Waals surface area (Å²) in [4.78, 5) is 11.7. The third kappa shape index (κ3) is 6.38. The maximum Gasteiger partial charge on any atom is 0.223 e. The summed E-state index contributed by atoms with van der Waals surface area (Å²) in [6, 6.07) is 7.41. The van der Waals surface area contributed by atoms with Crippen LogP contribution < -0.4 is 15.8 Å². The van der Waals surface area contributed by atoms with Crippen LogP contribution in [0.2, 0.25) is 0 Å². The lowest BCUT2D eigenvalue weighted by Gasteiger charge is -2.15. The summed E-state index contributed by atoms with van der Waals surface area (Å²) in [5, 5.41) is 3.00. The van der Waals surface area contributed by atoms with Gasteiger partial charge in [-0.2, -0.15) is 11.8 Å². The van der Waals surface area contributed by atoms with Gasteiger partial charge in [0.15, 0.2) is 0 Å². The van der Waals surface area contributed by atoms with Gasteiger partial charge in [0.1, 0.15) is 5.75 Å². The molecule has 1 aromatic carbocycles. The van der Waals surface area contributed by atoms with Crippen molar-refractivity contribution in [1.82, 2.24) is 5.32 Å². The van der Waals surface area contributed by atoms with E-state index < -0.39 is 0 Å². The number of carbonyl (C=O) groups excluding carboxylic acids is 1. The van der Waals surface area contributed by atoms with Gasteiger partial charge in [0.05, 0.1) is 13.0 Å². The van der Waals surface area contributed by atoms with Gasteiger partial charge in [0.25, 0.3) is 0 Å². The van der Waals surface area contributed by atoms with Gasteiger partial charge < -0.3 is 15.8 Å². The van der Waals surface area contributed by atoms with E-state index in [0.717, 1.165) is 17.9 Å². The molecule has 1 aromatic rings. The molecule has 0 saturated carbocycles. The fraction of sp³-hybridized carbons (Fsp3) is 0.500. The largest absolute Gasteiger partial charge is 0.493 e. The Hall–Kier alpha value is -1.36. The molecule has 0 bridgehead atoms. The Morgan fingerprint density at radius 2 is 2.11 bits per heavy atom. The van der Waals surface area contributed by atoms with Crippen LogP contribution in [0.5, 0.6) is 5.75 Å². The van der Waals surface area contributed by atoms with E-state index in [1.54, 1.807) is 36.0 Å². The van der Waals surface area contributed by atoms with Crippen molar-refractivity contribution in [3.05, 3.63) is 24.3 Å². The lowest BCUT2D eigenvalue weighted by molar-refractivity contribution is -0.122. The second-order valence-corrected chi connectivity index (χ2v) is 5.21. The van der Waals surface area contributed by atoms with Crippen LogP contribution in [0.1, 0.15) is 19.8 Å². The molecule has 0 heterocycles. The number of carbonyl (C=O) groups is 1. The molecular formula is C14H22N2O2S. The molecule has 4 nitrogen and oxygen atoms in total. The highest BCUT2D eigenvalue weighted by atomic mass is 32.2. The third-order valence-corrected chi connectivity index (χ3v) is 3.44. The van der Waals surface area contributed by atoms with Crippen LogP contribution in [0, 0.1) is 0 Å². The molecule has 106 valence electrons. The van der Waals surface area contributed by atoms with E-state index in [0.29, 0.717) is 18.7 Å². The number of rotatable bonds is 8. The molecular weight excluding hydrogens is 260 g/mol. The maximum absolute atomic E-state index is 11.7. The Bertz CT molecular complexity index is 382. The standard InChI is InChI=1S/C14H22N2O2S/c1-3-12(10-19-2)16-14(17)8-9-18-13-6-4-11(15)5-7-13/h4-7,12H,3,8-10,15H2,1-2H3,(H,16,17). The van der Waals surface area contributed by atoms with Gasteiger partial charge in [-0.25, -0.2) is 0 Å². The number of amides is 1. The summed E-state index contributed by atoms with van der Waals surface area (Å²) in [5.74, 6) is 1.72. The van der Waals surface area contributed by atoms with E-state index >= 15 is 0 Å². The highest BCUT2D eigenvalue weighted by molar-refractivity contribution is 7.98. The van der Waals surface area contributed by atoms with E-state index in [1.165, 1.54) is 0 Å². The van der Waals surface area contributed by atoms with Gasteiger partial charge >= 0.3 is 0 Å². The lowest BCUT2D eigenvalue weighted by atomic mass is 10.2. The molecule has 3 N–H and O–H groups in total. The quantitative estimate of drug-likeness (QED) is 0.718. The predicted molar refractivity (Wildman–Crippen MR) is 81.6 cm³/mol. The molecule has 0 aliphatic rings. The predicted octanol–water partition coefficient (Wildman–Crippen LogP) is 2.30. The molecule has 1 unspecified atom stereocenters. The number of nitrogens with one attached hydrogen (secondary N) is 1. The van der Waals surface area contributed by atoms with E-state index in [-0.39, 0.29) is 11.9 Å². The molecule has 0 aliphatic carbocycles. The number of nitrogen functional groups attached to an aromatic ring is 1. The molecule has 0 radical (unpaired) electrons. The first-order valence-corrected chi connectivity index (χ1v) is 7.81. The number of hydrogen-bond acceptors (Lipinski definition) is 4. The monoisotopic (exact) mass is 282 g/mol. The molecule has 19 heavy (non-hydrogen) atoms. The minimum absolute atomic E-state index is 0.0383. The van der Waals surface area contributed by atoms with Crippen LogP contribution in [0.3, 0.4) is 0 Å². The molecule has 0 fully saturated rings. The Labute approximate surface area is 119 Å². The van der Waals surface area contributed by atoms with Gasteiger partial charge in [-0.3, -0.25) is 4.79 Å². The summed E-state index contributed by atoms with van der Waals surface area (Å²) < 4.78 is 5.49. The first-order chi connectivity index (χ1) is 9.15. The van der Waals surface area contributed by atoms with Crippen LogP contribution in [-0.2, 0) is 4.79 Å².